The molecule has 1 heterocycles. The average Bonchev–Trinajstić information content (AvgIpc) is 1.91. The second-order valence-electron chi connectivity index (χ2n) is 1.63. The Morgan fingerprint density at radius 2 is 2.67 bits per heavy atom. The van der Waals surface area contributed by atoms with Crippen LogP contribution in [0.25, 0.3) is 0 Å². The zero-order valence-electron chi connectivity index (χ0n) is 4.86. The highest BCUT2D eigenvalue weighted by Gasteiger charge is 1.91. The van der Waals surface area contributed by atoms with Gasteiger partial charge in [0.1, 0.15) is 0 Å². The van der Waals surface area contributed by atoms with Crippen molar-refractivity contribution in [3.63, 3.8) is 0 Å². The lowest BCUT2D eigenvalue weighted by atomic mass is 10.2. The Hall–Kier alpha value is -1.25. The molecule has 0 saturated carbocycles. The van der Waals surface area contributed by atoms with Gasteiger partial charge in [-0.2, -0.15) is 0 Å². The lowest BCUT2D eigenvalue weighted by molar-refractivity contribution is 0.322. The molecule has 0 aliphatic carbocycles. The van der Waals surface area contributed by atoms with Gasteiger partial charge in [-0.25, -0.2) is 0 Å². The van der Waals surface area contributed by atoms with Gasteiger partial charge in [0.25, 0.3) is 0 Å². The summed E-state index contributed by atoms with van der Waals surface area (Å²) in [6, 6.07) is 0. The maximum atomic E-state index is 8.08. The fourth-order valence-electron chi connectivity index (χ4n) is 0.588. The van der Waals surface area contributed by atoms with Gasteiger partial charge in [-0.05, 0) is 11.6 Å². The predicted molar refractivity (Wildman–Crippen MR) is 34.5 cm³/mol. The maximum Gasteiger partial charge on any atom is 0.0731 e. The third-order valence-corrected chi connectivity index (χ3v) is 1.01. The summed E-state index contributed by atoms with van der Waals surface area (Å²) in [7, 11) is 0. The predicted octanol–water partition coefficient (Wildman–Crippen LogP) is 0.504. The van der Waals surface area contributed by atoms with E-state index >= 15 is 0 Å². The number of nitrogens with zero attached hydrogens (tertiary/aromatic N) is 2. The van der Waals surface area contributed by atoms with Crippen molar-refractivity contribution < 1.29 is 5.21 Å². The van der Waals surface area contributed by atoms with Crippen LogP contribution in [0, 0.1) is 0 Å². The van der Waals surface area contributed by atoms with E-state index in [-0.39, 0.29) is 0 Å². The van der Waals surface area contributed by atoms with Crippen molar-refractivity contribution in [1.82, 2.24) is 5.32 Å². The summed E-state index contributed by atoms with van der Waals surface area (Å²) in [6.45, 7) is 0.678. The van der Waals surface area contributed by atoms with Gasteiger partial charge >= 0.3 is 0 Å². The number of rotatable bonds is 1. The van der Waals surface area contributed by atoms with Crippen molar-refractivity contribution in [3.8, 4) is 0 Å². The quantitative estimate of drug-likeness (QED) is 0.308. The molecule has 0 amide bonds. The van der Waals surface area contributed by atoms with Crippen LogP contribution in [0.3, 0.4) is 0 Å². The van der Waals surface area contributed by atoms with Crippen molar-refractivity contribution >= 4 is 6.21 Å². The molecule has 1 rings (SSSR count). The highest BCUT2D eigenvalue weighted by molar-refractivity contribution is 5.81. The van der Waals surface area contributed by atoms with Crippen LogP contribution in [0.15, 0.2) is 29.1 Å². The fraction of sp³-hybridized carbons (Fsp3) is 0.167. The topological polar surface area (TPSA) is 46.7 Å². The van der Waals surface area contributed by atoms with E-state index in [0.29, 0.717) is 6.54 Å². The second-order valence-corrected chi connectivity index (χ2v) is 1.63. The van der Waals surface area contributed by atoms with E-state index in [9.17, 15) is 0 Å². The van der Waals surface area contributed by atoms with Crippen LogP contribution in [0.1, 0.15) is 0 Å². The summed E-state index contributed by atoms with van der Waals surface area (Å²) in [5.74, 6) is 0. The van der Waals surface area contributed by atoms with E-state index in [2.05, 4.69) is 10.5 Å². The van der Waals surface area contributed by atoms with Gasteiger partial charge in [0.05, 0.1) is 12.8 Å². The Morgan fingerprint density at radius 3 is 3.22 bits per heavy atom. The van der Waals surface area contributed by atoms with Gasteiger partial charge in [-0.1, -0.05) is 11.2 Å². The van der Waals surface area contributed by atoms with Crippen LogP contribution < -0.4 is 5.32 Å². The van der Waals surface area contributed by atoms with Gasteiger partial charge < -0.3 is 5.21 Å². The molecule has 3 heteroatoms. The van der Waals surface area contributed by atoms with E-state index in [4.69, 9.17) is 5.21 Å². The highest BCUT2D eigenvalue weighted by Crippen LogP contribution is 1.96. The number of allylic oxidation sites excluding steroid dienone is 2. The normalized spacial score (nSPS) is 17.6. The Labute approximate surface area is 53.4 Å². The van der Waals surface area contributed by atoms with E-state index in [1.165, 1.54) is 6.21 Å². The molecule has 0 saturated heterocycles. The first-order valence-electron chi connectivity index (χ1n) is 2.64. The SMILES string of the molecule is O/N=C\C1=CC[N]C=C1. The molecule has 0 unspecified atom stereocenters. The highest BCUT2D eigenvalue weighted by atomic mass is 16.4. The summed E-state index contributed by atoms with van der Waals surface area (Å²) in [6.07, 6.45) is 6.73. The van der Waals surface area contributed by atoms with Crippen molar-refractivity contribution in [2.75, 3.05) is 6.54 Å². The van der Waals surface area contributed by atoms with E-state index in [0.717, 1.165) is 5.57 Å². The van der Waals surface area contributed by atoms with Crippen LogP contribution in [-0.2, 0) is 0 Å². The van der Waals surface area contributed by atoms with Gasteiger partial charge in [0.15, 0.2) is 0 Å². The van der Waals surface area contributed by atoms with Crippen molar-refractivity contribution in [2.24, 2.45) is 5.16 Å². The van der Waals surface area contributed by atoms with Gasteiger partial charge in [0.2, 0.25) is 0 Å². The van der Waals surface area contributed by atoms with Gasteiger partial charge in [-0.3, -0.25) is 5.32 Å². The van der Waals surface area contributed by atoms with Crippen molar-refractivity contribution in [1.29, 1.82) is 0 Å². The molecule has 0 fully saturated rings. The summed E-state index contributed by atoms with van der Waals surface area (Å²) in [5, 5.41) is 14.9. The summed E-state index contributed by atoms with van der Waals surface area (Å²) in [5.41, 5.74) is 0.896. The minimum atomic E-state index is 0.678. The zero-order chi connectivity index (χ0) is 6.53. The second kappa shape index (κ2) is 2.91. The largest absolute Gasteiger partial charge is 0.411 e. The van der Waals surface area contributed by atoms with Crippen LogP contribution in [0.2, 0.25) is 0 Å². The van der Waals surface area contributed by atoms with Crippen LogP contribution in [0.4, 0.5) is 0 Å². The molecule has 0 bridgehead atoms. The lowest BCUT2D eigenvalue weighted by Crippen LogP contribution is -2.01. The van der Waals surface area contributed by atoms with Gasteiger partial charge in [0, 0.05) is 6.20 Å². The molecular weight excluding hydrogens is 116 g/mol. The molecule has 3 nitrogen and oxygen atoms in total. The van der Waals surface area contributed by atoms with E-state index in [1.807, 2.05) is 6.08 Å². The molecule has 0 aromatic rings. The monoisotopic (exact) mass is 123 g/mol. The molecule has 0 aromatic carbocycles. The van der Waals surface area contributed by atoms with Gasteiger partial charge in [-0.15, -0.1) is 0 Å². The molecule has 0 aromatic heterocycles. The van der Waals surface area contributed by atoms with E-state index < -0.39 is 0 Å². The van der Waals surface area contributed by atoms with Crippen LogP contribution >= 0.6 is 0 Å². The summed E-state index contributed by atoms with van der Waals surface area (Å²) >= 11 is 0. The minimum Gasteiger partial charge on any atom is -0.411 e. The maximum absolute atomic E-state index is 8.08. The van der Waals surface area contributed by atoms with Crippen molar-refractivity contribution in [3.05, 3.63) is 23.9 Å². The molecule has 1 radical (unpaired) electrons. The Morgan fingerprint density at radius 1 is 1.78 bits per heavy atom. The van der Waals surface area contributed by atoms with E-state index in [1.54, 1.807) is 12.3 Å². The number of hydrogen-bond acceptors (Lipinski definition) is 2. The first kappa shape index (κ1) is 5.88. The first-order valence-corrected chi connectivity index (χ1v) is 2.64. The summed E-state index contributed by atoms with van der Waals surface area (Å²) in [4.78, 5) is 0. The molecule has 47 valence electrons. The molecule has 1 aliphatic heterocycles. The third-order valence-electron chi connectivity index (χ3n) is 1.01. The number of hydrogen-bond donors (Lipinski definition) is 1. The summed E-state index contributed by atoms with van der Waals surface area (Å²) < 4.78 is 0. The standard InChI is InChI=1S/C6H7N2O/c9-8-5-6-1-3-7-4-2-6/h1-3,5,9H,4H2/b8-5-. The molecule has 1 N–H and O–H groups in total. The average molecular weight is 123 g/mol. The van der Waals surface area contributed by atoms with Crippen LogP contribution in [0.5, 0.6) is 0 Å². The fourth-order valence-corrected chi connectivity index (χ4v) is 0.588. The molecule has 0 atom stereocenters. The molecule has 0 spiro atoms. The van der Waals surface area contributed by atoms with Crippen molar-refractivity contribution in [2.45, 2.75) is 0 Å². The lowest BCUT2D eigenvalue weighted by Gasteiger charge is -1.98. The number of oxime groups is 1. The van der Waals surface area contributed by atoms with Crippen LogP contribution in [-0.4, -0.2) is 18.0 Å². The third kappa shape index (κ3) is 1.60. The smallest absolute Gasteiger partial charge is 0.0731 e. The molecule has 9 heavy (non-hydrogen) atoms. The molecule has 1 aliphatic rings. The Balaban J connectivity index is 2.58. The Kier molecular flexibility index (Phi) is 1.90. The Bertz CT molecular complexity index is 166. The minimum absolute atomic E-state index is 0.678. The first-order chi connectivity index (χ1) is 4.43. The zero-order valence-corrected chi connectivity index (χ0v) is 4.86. The molecular formula is C6H7N2O.